The molecule has 5 rings (SSSR count). The number of amides is 1. The monoisotopic (exact) mass is 524 g/mol. The summed E-state index contributed by atoms with van der Waals surface area (Å²) >= 11 is 1.46. The molecule has 0 unspecified atom stereocenters. The van der Waals surface area contributed by atoms with E-state index in [1.165, 1.54) is 11.3 Å². The van der Waals surface area contributed by atoms with Crippen molar-refractivity contribution in [2.24, 2.45) is 0 Å². The van der Waals surface area contributed by atoms with Crippen molar-refractivity contribution in [3.63, 3.8) is 0 Å². The largest absolute Gasteiger partial charge is 0.493 e. The van der Waals surface area contributed by atoms with Crippen LogP contribution in [0.2, 0.25) is 0 Å². The molecule has 0 atom stereocenters. The summed E-state index contributed by atoms with van der Waals surface area (Å²) in [5.41, 5.74) is 3.27. The molecule has 1 amide bonds. The Labute approximate surface area is 225 Å². The highest BCUT2D eigenvalue weighted by molar-refractivity contribution is 7.24. The van der Waals surface area contributed by atoms with Crippen LogP contribution in [0.5, 0.6) is 11.5 Å². The van der Waals surface area contributed by atoms with Gasteiger partial charge in [-0.15, -0.1) is 11.3 Å². The zero-order valence-electron chi connectivity index (χ0n) is 21.5. The topological polar surface area (TPSA) is 67.9 Å². The van der Waals surface area contributed by atoms with Gasteiger partial charge in [0.05, 0.1) is 24.5 Å². The molecule has 192 valence electrons. The van der Waals surface area contributed by atoms with Crippen LogP contribution in [-0.4, -0.2) is 26.7 Å². The molecular weight excluding hydrogens is 496 g/mol. The minimum atomic E-state index is -0.241. The quantitative estimate of drug-likeness (QED) is 0.229. The number of ether oxygens (including phenoxy) is 2. The third-order valence-electron chi connectivity index (χ3n) is 6.55. The minimum absolute atomic E-state index is 0.0525. The minimum Gasteiger partial charge on any atom is -0.493 e. The van der Waals surface area contributed by atoms with E-state index in [-0.39, 0.29) is 11.3 Å². The van der Waals surface area contributed by atoms with Gasteiger partial charge >= 0.3 is 0 Å². The van der Waals surface area contributed by atoms with Crippen molar-refractivity contribution >= 4 is 48.8 Å². The van der Waals surface area contributed by atoms with Gasteiger partial charge in [-0.1, -0.05) is 30.3 Å². The van der Waals surface area contributed by atoms with Crippen LogP contribution in [0.4, 0.5) is 11.4 Å². The van der Waals surface area contributed by atoms with Crippen molar-refractivity contribution in [1.82, 2.24) is 0 Å². The van der Waals surface area contributed by atoms with Gasteiger partial charge in [0.2, 0.25) is 0 Å². The van der Waals surface area contributed by atoms with Gasteiger partial charge in [-0.25, -0.2) is 0 Å². The second-order valence-corrected chi connectivity index (χ2v) is 9.87. The number of hydrogen-bond donors (Lipinski definition) is 1. The molecular formula is C31H28N2O4S. The van der Waals surface area contributed by atoms with Crippen molar-refractivity contribution in [3.8, 4) is 11.5 Å². The van der Waals surface area contributed by atoms with E-state index in [0.29, 0.717) is 44.8 Å². The highest BCUT2D eigenvalue weighted by atomic mass is 32.1. The van der Waals surface area contributed by atoms with Crippen molar-refractivity contribution in [3.05, 3.63) is 106 Å². The Kier molecular flexibility index (Phi) is 7.29. The Hall–Kier alpha value is -4.36. The van der Waals surface area contributed by atoms with Gasteiger partial charge in [-0.05, 0) is 61.0 Å². The Morgan fingerprint density at radius 3 is 2.34 bits per heavy atom. The molecule has 1 heterocycles. The van der Waals surface area contributed by atoms with Crippen molar-refractivity contribution < 1.29 is 14.3 Å². The van der Waals surface area contributed by atoms with E-state index in [4.69, 9.17) is 9.47 Å². The van der Waals surface area contributed by atoms with Gasteiger partial charge in [0.25, 0.3) is 5.91 Å². The van der Waals surface area contributed by atoms with Crippen LogP contribution >= 0.6 is 11.3 Å². The number of carbonyl (C=O) groups excluding carboxylic acids is 1. The first-order chi connectivity index (χ1) is 18.5. The molecule has 1 N–H and O–H groups in total. The molecule has 0 bridgehead atoms. The lowest BCUT2D eigenvalue weighted by molar-refractivity contribution is 0.102. The number of anilines is 2. The lowest BCUT2D eigenvalue weighted by atomic mass is 10.1. The van der Waals surface area contributed by atoms with Gasteiger partial charge in [0, 0.05) is 46.0 Å². The number of benzene rings is 4. The van der Waals surface area contributed by atoms with E-state index in [1.807, 2.05) is 66.7 Å². The van der Waals surface area contributed by atoms with Crippen molar-refractivity contribution in [2.75, 3.05) is 31.0 Å². The summed E-state index contributed by atoms with van der Waals surface area (Å²) in [4.78, 5) is 28.5. The Balaban J connectivity index is 1.35. The standard InChI is InChI=1S/C31H28N2O4S/c1-4-33(22-16-17-26(36-2)27(18-22)37-3)19-20-12-14-21(15-13-20)32-31(35)25-10-7-9-24-29(34)23-8-5-6-11-28(23)38-30(24)25/h5-18H,4,19H2,1-3H3,(H,32,35). The summed E-state index contributed by atoms with van der Waals surface area (Å²) in [5, 5.41) is 4.23. The van der Waals surface area contributed by atoms with E-state index in [2.05, 4.69) is 17.1 Å². The number of nitrogens with one attached hydrogen (secondary N) is 1. The van der Waals surface area contributed by atoms with Gasteiger partial charge in [-0.2, -0.15) is 0 Å². The second-order valence-electron chi connectivity index (χ2n) is 8.81. The lowest BCUT2D eigenvalue weighted by Gasteiger charge is -2.24. The number of nitrogens with zero attached hydrogens (tertiary/aromatic N) is 1. The highest BCUT2D eigenvalue weighted by Gasteiger charge is 2.15. The Bertz CT molecular complexity index is 1680. The zero-order valence-corrected chi connectivity index (χ0v) is 22.3. The zero-order chi connectivity index (χ0) is 26.6. The van der Waals surface area contributed by atoms with Crippen LogP contribution in [-0.2, 0) is 6.54 Å². The second kappa shape index (κ2) is 10.9. The normalized spacial score (nSPS) is 10.9. The Morgan fingerprint density at radius 2 is 1.61 bits per heavy atom. The smallest absolute Gasteiger partial charge is 0.257 e. The fraction of sp³-hybridized carbons (Fsp3) is 0.161. The SMILES string of the molecule is CCN(Cc1ccc(NC(=O)c2cccc3c(=O)c4ccccc4sc23)cc1)c1ccc(OC)c(OC)c1. The summed E-state index contributed by atoms with van der Waals surface area (Å²) in [7, 11) is 3.25. The summed E-state index contributed by atoms with van der Waals surface area (Å²) in [6.45, 7) is 3.62. The number of rotatable bonds is 8. The van der Waals surface area contributed by atoms with Crippen LogP contribution < -0.4 is 25.1 Å². The molecule has 5 aromatic rings. The van der Waals surface area contributed by atoms with E-state index in [9.17, 15) is 9.59 Å². The summed E-state index contributed by atoms with van der Waals surface area (Å²) in [5.74, 6) is 1.14. The molecule has 0 saturated carbocycles. The van der Waals surface area contributed by atoms with E-state index in [1.54, 1.807) is 32.4 Å². The number of hydrogen-bond acceptors (Lipinski definition) is 6. The maximum Gasteiger partial charge on any atom is 0.257 e. The predicted molar refractivity (Wildman–Crippen MR) is 156 cm³/mol. The summed E-state index contributed by atoms with van der Waals surface area (Å²) < 4.78 is 12.4. The van der Waals surface area contributed by atoms with E-state index < -0.39 is 0 Å². The molecule has 0 radical (unpaired) electrons. The molecule has 0 aliphatic rings. The van der Waals surface area contributed by atoms with Crippen LogP contribution in [0.25, 0.3) is 20.2 Å². The molecule has 0 spiro atoms. The Morgan fingerprint density at radius 1 is 0.868 bits per heavy atom. The molecule has 0 saturated heterocycles. The van der Waals surface area contributed by atoms with E-state index in [0.717, 1.165) is 22.5 Å². The van der Waals surface area contributed by atoms with Crippen LogP contribution in [0.3, 0.4) is 0 Å². The van der Waals surface area contributed by atoms with Crippen LogP contribution in [0.1, 0.15) is 22.8 Å². The van der Waals surface area contributed by atoms with Gasteiger partial charge in [0.1, 0.15) is 0 Å². The fourth-order valence-corrected chi connectivity index (χ4v) is 5.70. The molecule has 7 heteroatoms. The van der Waals surface area contributed by atoms with Gasteiger partial charge in [0.15, 0.2) is 16.9 Å². The molecule has 0 aliphatic heterocycles. The number of fused-ring (bicyclic) bond motifs is 2. The lowest BCUT2D eigenvalue weighted by Crippen LogP contribution is -2.22. The van der Waals surface area contributed by atoms with Crippen molar-refractivity contribution in [1.29, 1.82) is 0 Å². The summed E-state index contributed by atoms with van der Waals surface area (Å²) in [6, 6.07) is 26.5. The molecule has 0 fully saturated rings. The number of carbonyl (C=O) groups is 1. The first-order valence-electron chi connectivity index (χ1n) is 12.3. The molecule has 0 aliphatic carbocycles. The highest BCUT2D eigenvalue weighted by Crippen LogP contribution is 2.32. The molecule has 4 aromatic carbocycles. The molecule has 38 heavy (non-hydrogen) atoms. The third-order valence-corrected chi connectivity index (χ3v) is 7.77. The van der Waals surface area contributed by atoms with Crippen LogP contribution in [0.15, 0.2) is 89.7 Å². The average Bonchev–Trinajstić information content (AvgIpc) is 2.96. The first kappa shape index (κ1) is 25.3. The maximum absolute atomic E-state index is 13.2. The van der Waals surface area contributed by atoms with Gasteiger partial charge in [-0.3, -0.25) is 9.59 Å². The third kappa shape index (κ3) is 4.93. The number of methoxy groups -OCH3 is 2. The van der Waals surface area contributed by atoms with Crippen molar-refractivity contribution in [2.45, 2.75) is 13.5 Å². The average molecular weight is 525 g/mol. The maximum atomic E-state index is 13.2. The van der Waals surface area contributed by atoms with Crippen LogP contribution in [0, 0.1) is 0 Å². The molecule has 6 nitrogen and oxygen atoms in total. The molecule has 1 aromatic heterocycles. The van der Waals surface area contributed by atoms with E-state index >= 15 is 0 Å². The first-order valence-corrected chi connectivity index (χ1v) is 13.2. The fourth-order valence-electron chi connectivity index (χ4n) is 4.52. The summed E-state index contributed by atoms with van der Waals surface area (Å²) in [6.07, 6.45) is 0. The predicted octanol–water partition coefficient (Wildman–Crippen LogP) is 6.71. The van der Waals surface area contributed by atoms with Gasteiger partial charge < -0.3 is 19.7 Å².